The van der Waals surface area contributed by atoms with Crippen molar-refractivity contribution in [2.75, 3.05) is 5.73 Å². The number of aliphatic hydroxyl groups is 1. The maximum atomic E-state index is 10.8. The average Bonchev–Trinajstić information content (AvgIpc) is 2.97. The standard InChI is InChI=1S/C22H19Cl2N3O.ClH/c23-17-11-10-16(12-18(17)24)21(28)14-27-20-9-5-4-8-19(20)26(22(27)25)13-15-6-2-1-3-7-15;/h1-12,21,25,28H,13-14H2;1H. The van der Waals surface area contributed by atoms with Crippen LogP contribution in [0.25, 0.3) is 11.0 Å². The summed E-state index contributed by atoms with van der Waals surface area (Å²) in [7, 11) is 0. The molecule has 1 atom stereocenters. The quantitative estimate of drug-likeness (QED) is 0.456. The largest absolute Gasteiger partial charge is 1.00 e. The van der Waals surface area contributed by atoms with Gasteiger partial charge in [-0.05, 0) is 35.4 Å². The van der Waals surface area contributed by atoms with Crippen LogP contribution in [-0.2, 0) is 13.1 Å². The van der Waals surface area contributed by atoms with E-state index < -0.39 is 6.10 Å². The van der Waals surface area contributed by atoms with E-state index in [1.807, 2.05) is 47.0 Å². The topological polar surface area (TPSA) is 55.1 Å². The van der Waals surface area contributed by atoms with Crippen LogP contribution in [0.3, 0.4) is 0 Å². The van der Waals surface area contributed by atoms with Gasteiger partial charge in [-0.3, -0.25) is 5.73 Å². The number of fused-ring (bicyclic) bond motifs is 1. The third-order valence-electron chi connectivity index (χ3n) is 4.88. The molecule has 0 radical (unpaired) electrons. The molecule has 0 aliphatic carbocycles. The zero-order valence-corrected chi connectivity index (χ0v) is 17.7. The Hall–Kier alpha value is -2.24. The van der Waals surface area contributed by atoms with E-state index in [-0.39, 0.29) is 12.4 Å². The van der Waals surface area contributed by atoms with Gasteiger partial charge < -0.3 is 17.5 Å². The minimum atomic E-state index is -0.766. The molecule has 29 heavy (non-hydrogen) atoms. The van der Waals surface area contributed by atoms with Crippen molar-refractivity contribution in [2.24, 2.45) is 0 Å². The summed E-state index contributed by atoms with van der Waals surface area (Å²) in [6, 6.07) is 23.3. The zero-order valence-electron chi connectivity index (χ0n) is 15.5. The number of para-hydroxylation sites is 2. The number of aliphatic hydroxyl groups excluding tert-OH is 1. The Bertz CT molecular complexity index is 1130. The van der Waals surface area contributed by atoms with Crippen molar-refractivity contribution in [3.63, 3.8) is 0 Å². The van der Waals surface area contributed by atoms with Gasteiger partial charge >= 0.3 is 5.95 Å². The molecule has 0 aliphatic heterocycles. The SMILES string of the molecule is Nc1n(CC(O)c2ccc(Cl)c(Cl)c2)c2ccccc2[n+]1Cc1ccccc1.[Cl-]. The van der Waals surface area contributed by atoms with Crippen molar-refractivity contribution >= 4 is 40.2 Å². The molecule has 4 nitrogen and oxygen atoms in total. The first-order chi connectivity index (χ1) is 13.5. The molecule has 3 aromatic carbocycles. The van der Waals surface area contributed by atoms with Crippen LogP contribution in [0.5, 0.6) is 0 Å². The van der Waals surface area contributed by atoms with E-state index in [0.717, 1.165) is 16.6 Å². The number of nitrogen functional groups attached to an aromatic ring is 1. The molecule has 4 aromatic rings. The Morgan fingerprint density at radius 3 is 2.34 bits per heavy atom. The summed E-state index contributed by atoms with van der Waals surface area (Å²) in [5.74, 6) is 0.587. The van der Waals surface area contributed by atoms with Gasteiger partial charge in [0, 0.05) is 0 Å². The van der Waals surface area contributed by atoms with Crippen molar-refractivity contribution < 1.29 is 22.1 Å². The van der Waals surface area contributed by atoms with Crippen LogP contribution < -0.4 is 22.7 Å². The third-order valence-corrected chi connectivity index (χ3v) is 5.62. The summed E-state index contributed by atoms with van der Waals surface area (Å²) < 4.78 is 4.00. The lowest BCUT2D eigenvalue weighted by Gasteiger charge is -2.11. The number of hydrogen-bond donors (Lipinski definition) is 2. The highest BCUT2D eigenvalue weighted by atomic mass is 35.5. The number of imidazole rings is 1. The Kier molecular flexibility index (Phi) is 6.70. The molecule has 1 unspecified atom stereocenters. The Balaban J connectivity index is 0.00000240. The number of hydrogen-bond acceptors (Lipinski definition) is 2. The molecule has 1 heterocycles. The second-order valence-corrected chi connectivity index (χ2v) is 7.53. The predicted octanol–water partition coefficient (Wildman–Crippen LogP) is 1.60. The number of halogens is 3. The lowest BCUT2D eigenvalue weighted by molar-refractivity contribution is -0.648. The fourth-order valence-corrected chi connectivity index (χ4v) is 3.74. The van der Waals surface area contributed by atoms with Crippen molar-refractivity contribution in [1.29, 1.82) is 0 Å². The molecule has 3 N–H and O–H groups in total. The van der Waals surface area contributed by atoms with Gasteiger partial charge in [0.15, 0.2) is 0 Å². The summed E-state index contributed by atoms with van der Waals surface area (Å²) in [6.45, 7) is 0.967. The van der Waals surface area contributed by atoms with Gasteiger partial charge in [-0.2, -0.15) is 0 Å². The highest BCUT2D eigenvalue weighted by molar-refractivity contribution is 6.42. The Morgan fingerprint density at radius 1 is 0.931 bits per heavy atom. The molecule has 0 amide bonds. The van der Waals surface area contributed by atoms with E-state index in [1.165, 1.54) is 0 Å². The van der Waals surface area contributed by atoms with Gasteiger partial charge in [0.25, 0.3) is 0 Å². The lowest BCUT2D eigenvalue weighted by Crippen LogP contribution is -3.00. The van der Waals surface area contributed by atoms with Crippen LogP contribution in [0.1, 0.15) is 17.2 Å². The molecule has 0 fully saturated rings. The Labute approximate surface area is 185 Å². The van der Waals surface area contributed by atoms with Gasteiger partial charge in [0.05, 0.1) is 16.6 Å². The summed E-state index contributed by atoms with van der Waals surface area (Å²) in [5.41, 5.74) is 10.4. The number of rotatable bonds is 5. The molecular weight excluding hydrogens is 429 g/mol. The minimum absolute atomic E-state index is 0. The highest BCUT2D eigenvalue weighted by Gasteiger charge is 2.23. The smallest absolute Gasteiger partial charge is 0.356 e. The van der Waals surface area contributed by atoms with E-state index in [4.69, 9.17) is 28.9 Å². The second-order valence-electron chi connectivity index (χ2n) is 6.72. The number of nitrogens with zero attached hydrogens (tertiary/aromatic N) is 2. The van der Waals surface area contributed by atoms with Gasteiger partial charge in [0.2, 0.25) is 0 Å². The van der Waals surface area contributed by atoms with E-state index in [2.05, 4.69) is 16.7 Å². The van der Waals surface area contributed by atoms with Crippen LogP contribution in [0.4, 0.5) is 5.95 Å². The molecule has 0 saturated heterocycles. The Morgan fingerprint density at radius 2 is 1.62 bits per heavy atom. The third kappa shape index (κ3) is 4.36. The van der Waals surface area contributed by atoms with Crippen LogP contribution in [0.15, 0.2) is 72.8 Å². The van der Waals surface area contributed by atoms with Crippen molar-refractivity contribution in [2.45, 2.75) is 19.2 Å². The maximum absolute atomic E-state index is 10.8. The highest BCUT2D eigenvalue weighted by Crippen LogP contribution is 2.27. The summed E-state index contributed by atoms with van der Waals surface area (Å²) in [5, 5.41) is 11.7. The molecular formula is C22H20Cl3N3O. The van der Waals surface area contributed by atoms with Crippen molar-refractivity contribution in [3.8, 4) is 0 Å². The fraction of sp³-hybridized carbons (Fsp3) is 0.136. The fourth-order valence-electron chi connectivity index (χ4n) is 3.44. The molecule has 7 heteroatoms. The molecule has 150 valence electrons. The van der Waals surface area contributed by atoms with Gasteiger partial charge in [-0.25, -0.2) is 9.13 Å². The monoisotopic (exact) mass is 447 g/mol. The van der Waals surface area contributed by atoms with Crippen LogP contribution >= 0.6 is 23.2 Å². The summed E-state index contributed by atoms with van der Waals surface area (Å²) >= 11 is 12.1. The molecule has 0 saturated carbocycles. The van der Waals surface area contributed by atoms with Gasteiger partial charge in [-0.15, -0.1) is 0 Å². The predicted molar refractivity (Wildman–Crippen MR) is 114 cm³/mol. The first kappa shape index (κ1) is 21.5. The number of anilines is 1. The number of nitrogens with two attached hydrogens (primary N) is 1. The maximum Gasteiger partial charge on any atom is 0.356 e. The first-order valence-electron chi connectivity index (χ1n) is 8.98. The molecule has 0 bridgehead atoms. The van der Waals surface area contributed by atoms with Gasteiger partial charge in [0.1, 0.15) is 23.7 Å². The van der Waals surface area contributed by atoms with Crippen LogP contribution in [0.2, 0.25) is 10.0 Å². The number of benzene rings is 3. The van der Waals surface area contributed by atoms with E-state index in [1.54, 1.807) is 18.2 Å². The van der Waals surface area contributed by atoms with E-state index in [0.29, 0.717) is 34.6 Å². The first-order valence-corrected chi connectivity index (χ1v) is 9.73. The van der Waals surface area contributed by atoms with E-state index >= 15 is 0 Å². The minimum Gasteiger partial charge on any atom is -1.00 e. The number of aromatic nitrogens is 2. The molecule has 1 aromatic heterocycles. The molecule has 0 spiro atoms. The van der Waals surface area contributed by atoms with Gasteiger partial charge in [-0.1, -0.05) is 71.7 Å². The zero-order chi connectivity index (χ0) is 19.7. The van der Waals surface area contributed by atoms with Crippen molar-refractivity contribution in [1.82, 2.24) is 4.57 Å². The van der Waals surface area contributed by atoms with Crippen LogP contribution in [0, 0.1) is 0 Å². The van der Waals surface area contributed by atoms with E-state index in [9.17, 15) is 5.11 Å². The molecule has 4 rings (SSSR count). The average molecular weight is 449 g/mol. The van der Waals surface area contributed by atoms with Crippen LogP contribution in [-0.4, -0.2) is 9.67 Å². The normalized spacial score (nSPS) is 12.0. The van der Waals surface area contributed by atoms with Crippen molar-refractivity contribution in [3.05, 3.63) is 94.0 Å². The lowest BCUT2D eigenvalue weighted by atomic mass is 10.1. The second kappa shape index (κ2) is 9.06. The molecule has 0 aliphatic rings. The summed E-state index contributed by atoms with van der Waals surface area (Å²) in [6.07, 6.45) is -0.766. The summed E-state index contributed by atoms with van der Waals surface area (Å²) in [4.78, 5) is 0.